The zero-order valence-electron chi connectivity index (χ0n) is 27.5. The van der Waals surface area contributed by atoms with E-state index in [9.17, 15) is 0 Å². The van der Waals surface area contributed by atoms with E-state index in [0.29, 0.717) is 17.5 Å². The molecule has 0 atom stereocenters. The Balaban J connectivity index is 1.25. The van der Waals surface area contributed by atoms with Crippen molar-refractivity contribution in [2.45, 2.75) is 0 Å². The third-order valence-electron chi connectivity index (χ3n) is 9.78. The van der Waals surface area contributed by atoms with E-state index in [1.54, 1.807) is 0 Å². The van der Waals surface area contributed by atoms with Gasteiger partial charge in [0.1, 0.15) is 11.2 Å². The Morgan fingerprint density at radius 1 is 0.275 bits per heavy atom. The summed E-state index contributed by atoms with van der Waals surface area (Å²) in [6, 6.07) is 61.0. The molecule has 0 radical (unpaired) electrons. The highest BCUT2D eigenvalue weighted by Crippen LogP contribution is 2.40. The average Bonchev–Trinajstić information content (AvgIpc) is 3.59. The number of hydrogen-bond acceptors (Lipinski definition) is 4. The maximum absolute atomic E-state index is 6.50. The first-order valence-electron chi connectivity index (χ1n) is 17.1. The van der Waals surface area contributed by atoms with Crippen LogP contribution in [0.1, 0.15) is 0 Å². The molecule has 4 heteroatoms. The number of benzene rings is 8. The van der Waals surface area contributed by atoms with Crippen molar-refractivity contribution < 1.29 is 4.42 Å². The van der Waals surface area contributed by atoms with Crippen molar-refractivity contribution in [3.8, 4) is 56.4 Å². The van der Waals surface area contributed by atoms with Gasteiger partial charge in [0.25, 0.3) is 0 Å². The van der Waals surface area contributed by atoms with Crippen LogP contribution in [0.15, 0.2) is 180 Å². The first-order chi connectivity index (χ1) is 25.3. The number of fused-ring (bicyclic) bond motifs is 5. The van der Waals surface area contributed by atoms with Crippen LogP contribution in [0.3, 0.4) is 0 Å². The maximum atomic E-state index is 6.50. The van der Waals surface area contributed by atoms with Gasteiger partial charge >= 0.3 is 0 Å². The first kappa shape index (κ1) is 29.0. The van der Waals surface area contributed by atoms with Crippen LogP contribution in [-0.4, -0.2) is 15.0 Å². The fourth-order valence-electron chi connectivity index (χ4n) is 7.39. The summed E-state index contributed by atoms with van der Waals surface area (Å²) in [7, 11) is 0. The molecule has 0 saturated carbocycles. The van der Waals surface area contributed by atoms with Crippen LogP contribution >= 0.6 is 0 Å². The SMILES string of the molecule is c1ccc(-c2ccc(-c3nc(-c4ccc(-c5ccccc5)c5ccccc45)nc(-c4cccc5c4oc4ccccc45)n3)c3ccccc23)cc1. The zero-order chi connectivity index (χ0) is 33.7. The monoisotopic (exact) mass is 651 g/mol. The molecule has 0 spiro atoms. The molecule has 0 N–H and O–H groups in total. The maximum Gasteiger partial charge on any atom is 0.167 e. The fraction of sp³-hybridized carbons (Fsp3) is 0. The van der Waals surface area contributed by atoms with Crippen LogP contribution in [0.4, 0.5) is 0 Å². The van der Waals surface area contributed by atoms with Crippen LogP contribution in [0.2, 0.25) is 0 Å². The van der Waals surface area contributed by atoms with Gasteiger partial charge in [-0.2, -0.15) is 0 Å². The van der Waals surface area contributed by atoms with E-state index in [1.165, 1.54) is 22.3 Å². The summed E-state index contributed by atoms with van der Waals surface area (Å²) in [5, 5.41) is 6.53. The van der Waals surface area contributed by atoms with E-state index in [0.717, 1.165) is 60.2 Å². The average molecular weight is 652 g/mol. The van der Waals surface area contributed by atoms with Gasteiger partial charge in [0.15, 0.2) is 17.5 Å². The summed E-state index contributed by atoms with van der Waals surface area (Å²) in [4.78, 5) is 15.7. The highest BCUT2D eigenvalue weighted by molar-refractivity contribution is 6.10. The zero-order valence-corrected chi connectivity index (χ0v) is 27.5. The van der Waals surface area contributed by atoms with E-state index in [-0.39, 0.29) is 0 Å². The van der Waals surface area contributed by atoms with Crippen LogP contribution in [0.25, 0.3) is 99.9 Å². The summed E-state index contributed by atoms with van der Waals surface area (Å²) in [5.41, 5.74) is 8.96. The molecule has 0 unspecified atom stereocenters. The van der Waals surface area contributed by atoms with Gasteiger partial charge < -0.3 is 4.42 Å². The number of rotatable bonds is 5. The quantitative estimate of drug-likeness (QED) is 0.186. The lowest BCUT2D eigenvalue weighted by Gasteiger charge is -2.15. The van der Waals surface area contributed by atoms with Crippen molar-refractivity contribution in [1.29, 1.82) is 0 Å². The largest absolute Gasteiger partial charge is 0.455 e. The molecule has 0 amide bonds. The summed E-state index contributed by atoms with van der Waals surface area (Å²) in [6.07, 6.45) is 0. The minimum Gasteiger partial charge on any atom is -0.455 e. The molecule has 2 aromatic heterocycles. The molecule has 0 fully saturated rings. The summed E-state index contributed by atoms with van der Waals surface area (Å²) < 4.78 is 6.50. The van der Waals surface area contributed by atoms with E-state index < -0.39 is 0 Å². The highest BCUT2D eigenvalue weighted by Gasteiger charge is 2.20. The van der Waals surface area contributed by atoms with Crippen molar-refractivity contribution in [3.63, 3.8) is 0 Å². The third-order valence-corrected chi connectivity index (χ3v) is 9.78. The van der Waals surface area contributed by atoms with Crippen LogP contribution in [0.5, 0.6) is 0 Å². The number of para-hydroxylation sites is 2. The Labute approximate surface area is 294 Å². The molecule has 0 aliphatic rings. The van der Waals surface area contributed by atoms with Crippen LogP contribution < -0.4 is 0 Å². The molecule has 0 bridgehead atoms. The van der Waals surface area contributed by atoms with Gasteiger partial charge in [-0.3, -0.25) is 0 Å². The van der Waals surface area contributed by atoms with E-state index in [1.807, 2.05) is 36.4 Å². The van der Waals surface area contributed by atoms with Gasteiger partial charge in [0, 0.05) is 21.9 Å². The molecule has 0 saturated heterocycles. The van der Waals surface area contributed by atoms with Crippen molar-refractivity contribution in [2.24, 2.45) is 0 Å². The van der Waals surface area contributed by atoms with Crippen molar-refractivity contribution in [2.75, 3.05) is 0 Å². The van der Waals surface area contributed by atoms with E-state index in [2.05, 4.69) is 140 Å². The number of furan rings is 1. The molecule has 10 rings (SSSR count). The smallest absolute Gasteiger partial charge is 0.167 e. The lowest BCUT2D eigenvalue weighted by molar-refractivity contribution is 0.669. The van der Waals surface area contributed by atoms with Gasteiger partial charge in [0.05, 0.1) is 5.56 Å². The molecule has 8 aromatic carbocycles. The number of nitrogens with zero attached hydrogens (tertiary/aromatic N) is 3. The van der Waals surface area contributed by atoms with E-state index in [4.69, 9.17) is 19.4 Å². The fourth-order valence-corrected chi connectivity index (χ4v) is 7.39. The van der Waals surface area contributed by atoms with Gasteiger partial charge in [-0.05, 0) is 68.1 Å². The van der Waals surface area contributed by atoms with Gasteiger partial charge in [-0.15, -0.1) is 0 Å². The Hall–Kier alpha value is -6.91. The minimum atomic E-state index is 0.562. The molecule has 10 aromatic rings. The van der Waals surface area contributed by atoms with E-state index >= 15 is 0 Å². The van der Waals surface area contributed by atoms with Gasteiger partial charge in [0.2, 0.25) is 0 Å². The Kier molecular flexibility index (Phi) is 6.78. The van der Waals surface area contributed by atoms with Gasteiger partial charge in [-0.25, -0.2) is 15.0 Å². The second-order valence-electron chi connectivity index (χ2n) is 12.7. The Morgan fingerprint density at radius 2 is 0.667 bits per heavy atom. The highest BCUT2D eigenvalue weighted by atomic mass is 16.3. The predicted molar refractivity (Wildman–Crippen MR) is 209 cm³/mol. The van der Waals surface area contributed by atoms with Crippen molar-refractivity contribution in [1.82, 2.24) is 15.0 Å². The lowest BCUT2D eigenvalue weighted by Crippen LogP contribution is -2.01. The lowest BCUT2D eigenvalue weighted by atomic mass is 9.94. The normalized spacial score (nSPS) is 11.5. The second-order valence-corrected chi connectivity index (χ2v) is 12.7. The molecular weight excluding hydrogens is 623 g/mol. The molecule has 2 heterocycles. The number of aromatic nitrogens is 3. The Morgan fingerprint density at radius 3 is 1.20 bits per heavy atom. The molecule has 238 valence electrons. The third kappa shape index (κ3) is 4.88. The molecule has 51 heavy (non-hydrogen) atoms. The van der Waals surface area contributed by atoms with Crippen molar-refractivity contribution >= 4 is 43.5 Å². The molecular formula is C47H29N3O. The summed E-state index contributed by atoms with van der Waals surface area (Å²) in [5.74, 6) is 1.78. The summed E-state index contributed by atoms with van der Waals surface area (Å²) >= 11 is 0. The first-order valence-corrected chi connectivity index (χ1v) is 17.1. The summed E-state index contributed by atoms with van der Waals surface area (Å²) in [6.45, 7) is 0. The second kappa shape index (κ2) is 11.9. The standard InChI is InChI=1S/C47H29N3O/c1-3-14-30(15-4-1)32-26-28-40(36-20-9-7-18-34(32)36)45-48-46(41-29-27-33(31-16-5-2-6-17-31)35-19-8-10-21-37(35)41)50-47(49-45)42-24-13-23-39-38-22-11-12-25-43(38)51-44(39)42/h1-29H. The predicted octanol–water partition coefficient (Wildman–Crippen LogP) is 12.4. The Bertz CT molecular complexity index is 2770. The molecule has 0 aliphatic carbocycles. The minimum absolute atomic E-state index is 0.562. The molecule has 4 nitrogen and oxygen atoms in total. The van der Waals surface area contributed by atoms with Crippen LogP contribution in [-0.2, 0) is 0 Å². The molecule has 0 aliphatic heterocycles. The number of hydrogen-bond donors (Lipinski definition) is 0. The van der Waals surface area contributed by atoms with Crippen LogP contribution in [0, 0.1) is 0 Å². The van der Waals surface area contributed by atoms with Gasteiger partial charge in [-0.1, -0.05) is 152 Å². The van der Waals surface area contributed by atoms with Crippen molar-refractivity contribution in [3.05, 3.63) is 176 Å². The topological polar surface area (TPSA) is 51.8 Å².